The zero-order chi connectivity index (χ0) is 21.7. The maximum atomic E-state index is 10.9. The van der Waals surface area contributed by atoms with E-state index in [0.29, 0.717) is 18.7 Å². The van der Waals surface area contributed by atoms with Gasteiger partial charge in [-0.15, -0.1) is 0 Å². The van der Waals surface area contributed by atoms with Gasteiger partial charge in [-0.2, -0.15) is 0 Å². The molecule has 1 saturated carbocycles. The molecule has 1 aromatic carbocycles. The Morgan fingerprint density at radius 3 is 2.77 bits per heavy atom. The molecule has 0 amide bonds. The van der Waals surface area contributed by atoms with Crippen molar-refractivity contribution in [1.29, 1.82) is 0 Å². The number of aliphatic hydroxyl groups excluding tert-OH is 2. The minimum absolute atomic E-state index is 0.340. The van der Waals surface area contributed by atoms with Crippen molar-refractivity contribution < 1.29 is 19.7 Å². The summed E-state index contributed by atoms with van der Waals surface area (Å²) in [7, 11) is 1.66. The summed E-state index contributed by atoms with van der Waals surface area (Å²) < 4.78 is 13.8. The molecule has 1 aliphatic heterocycles. The fourth-order valence-electron chi connectivity index (χ4n) is 5.00. The summed E-state index contributed by atoms with van der Waals surface area (Å²) in [6.45, 7) is 5.62. The van der Waals surface area contributed by atoms with Crippen molar-refractivity contribution in [3.63, 3.8) is 0 Å². The molecule has 8 heteroatoms. The number of benzene rings is 1. The standard InChI is InChI=1S/C23H28N4O4/c1-12-14-4-6-24-10-16(14)19(9-18(12)30-3)31-20-8-17(21(28)22(20)29)27-7-5-15-13(2)25-11-26-23(15)27/h5,7,9,11,17,20-22,24,28-29H,4,6,8,10H2,1-3H3/t17-,20+,21+,22-/m1/s1. The van der Waals surface area contributed by atoms with Gasteiger partial charge < -0.3 is 29.6 Å². The average molecular weight is 425 g/mol. The first-order chi connectivity index (χ1) is 15.0. The zero-order valence-electron chi connectivity index (χ0n) is 18.0. The van der Waals surface area contributed by atoms with E-state index in [1.54, 1.807) is 7.11 Å². The number of aryl methyl sites for hydroxylation is 1. The molecule has 31 heavy (non-hydrogen) atoms. The van der Waals surface area contributed by atoms with E-state index >= 15 is 0 Å². The number of hydrogen-bond donors (Lipinski definition) is 3. The van der Waals surface area contributed by atoms with Crippen molar-refractivity contribution in [3.05, 3.63) is 47.0 Å². The number of methoxy groups -OCH3 is 1. The molecule has 0 saturated heterocycles. The van der Waals surface area contributed by atoms with E-state index in [1.165, 1.54) is 11.9 Å². The number of fused-ring (bicyclic) bond motifs is 2. The van der Waals surface area contributed by atoms with Crippen molar-refractivity contribution in [1.82, 2.24) is 19.9 Å². The molecule has 0 spiro atoms. The van der Waals surface area contributed by atoms with Crippen LogP contribution >= 0.6 is 0 Å². The molecule has 164 valence electrons. The number of rotatable bonds is 4. The first-order valence-corrected chi connectivity index (χ1v) is 10.7. The van der Waals surface area contributed by atoms with Crippen molar-refractivity contribution in [3.8, 4) is 11.5 Å². The highest BCUT2D eigenvalue weighted by Gasteiger charge is 2.44. The lowest BCUT2D eigenvalue weighted by Crippen LogP contribution is -2.35. The van der Waals surface area contributed by atoms with Crippen molar-refractivity contribution in [2.75, 3.05) is 13.7 Å². The zero-order valence-corrected chi connectivity index (χ0v) is 18.0. The van der Waals surface area contributed by atoms with Crippen LogP contribution in [-0.2, 0) is 13.0 Å². The molecule has 5 rings (SSSR count). The molecule has 2 aromatic heterocycles. The second-order valence-corrected chi connectivity index (χ2v) is 8.45. The number of ether oxygens (including phenoxy) is 2. The summed E-state index contributed by atoms with van der Waals surface area (Å²) in [5.41, 5.74) is 5.11. The highest BCUT2D eigenvalue weighted by Crippen LogP contribution is 2.40. The Bertz CT molecular complexity index is 1130. The van der Waals surface area contributed by atoms with Gasteiger partial charge in [0.1, 0.15) is 41.8 Å². The maximum Gasteiger partial charge on any atom is 0.143 e. The summed E-state index contributed by atoms with van der Waals surface area (Å²) in [5.74, 6) is 1.49. The fourth-order valence-corrected chi connectivity index (χ4v) is 5.00. The molecule has 1 fully saturated rings. The van der Waals surface area contributed by atoms with E-state index in [4.69, 9.17) is 9.47 Å². The van der Waals surface area contributed by atoms with E-state index in [-0.39, 0.29) is 6.04 Å². The minimum Gasteiger partial charge on any atom is -0.496 e. The molecule has 2 aliphatic rings. The molecule has 1 aliphatic carbocycles. The molecule has 4 atom stereocenters. The van der Waals surface area contributed by atoms with Gasteiger partial charge in [-0.05, 0) is 44.0 Å². The van der Waals surface area contributed by atoms with Gasteiger partial charge in [-0.25, -0.2) is 9.97 Å². The monoisotopic (exact) mass is 424 g/mol. The van der Waals surface area contributed by atoms with Crippen LogP contribution < -0.4 is 14.8 Å². The first kappa shape index (κ1) is 20.2. The van der Waals surface area contributed by atoms with Crippen LogP contribution in [-0.4, -0.2) is 56.7 Å². The van der Waals surface area contributed by atoms with Crippen LogP contribution in [0.5, 0.6) is 11.5 Å². The van der Waals surface area contributed by atoms with Crippen molar-refractivity contribution >= 4 is 11.0 Å². The van der Waals surface area contributed by atoms with Gasteiger partial charge in [0.05, 0.1) is 18.8 Å². The van der Waals surface area contributed by atoms with Gasteiger partial charge >= 0.3 is 0 Å². The normalized spacial score (nSPS) is 25.6. The Labute approximate surface area is 180 Å². The largest absolute Gasteiger partial charge is 0.496 e. The van der Waals surface area contributed by atoms with E-state index in [2.05, 4.69) is 22.2 Å². The lowest BCUT2D eigenvalue weighted by atomic mass is 9.94. The molecule has 0 radical (unpaired) electrons. The van der Waals surface area contributed by atoms with Gasteiger partial charge in [0.15, 0.2) is 0 Å². The van der Waals surface area contributed by atoms with Crippen LogP contribution in [0.25, 0.3) is 11.0 Å². The predicted octanol–water partition coefficient (Wildman–Crippen LogP) is 1.82. The van der Waals surface area contributed by atoms with Crippen LogP contribution in [0.4, 0.5) is 0 Å². The Balaban J connectivity index is 1.47. The second kappa shape index (κ2) is 7.78. The van der Waals surface area contributed by atoms with Gasteiger partial charge in [0.25, 0.3) is 0 Å². The van der Waals surface area contributed by atoms with Gasteiger partial charge in [-0.1, -0.05) is 0 Å². The molecule has 3 heterocycles. The number of aromatic nitrogens is 3. The molecular weight excluding hydrogens is 396 g/mol. The lowest BCUT2D eigenvalue weighted by molar-refractivity contribution is -0.0167. The van der Waals surface area contributed by atoms with Crippen LogP contribution in [0.3, 0.4) is 0 Å². The minimum atomic E-state index is -1.01. The summed E-state index contributed by atoms with van der Waals surface area (Å²) in [6, 6.07) is 3.51. The Kier molecular flexibility index (Phi) is 5.08. The van der Waals surface area contributed by atoms with Crippen LogP contribution in [0, 0.1) is 13.8 Å². The van der Waals surface area contributed by atoms with Crippen molar-refractivity contribution in [2.24, 2.45) is 0 Å². The number of nitrogens with one attached hydrogen (secondary N) is 1. The van der Waals surface area contributed by atoms with Gasteiger partial charge in [-0.3, -0.25) is 0 Å². The third kappa shape index (κ3) is 3.26. The molecule has 3 N–H and O–H groups in total. The van der Waals surface area contributed by atoms with E-state index in [9.17, 15) is 10.2 Å². The van der Waals surface area contributed by atoms with Crippen LogP contribution in [0.15, 0.2) is 24.7 Å². The second-order valence-electron chi connectivity index (χ2n) is 8.45. The Hall–Kier alpha value is -2.68. The molecule has 8 nitrogen and oxygen atoms in total. The lowest BCUT2D eigenvalue weighted by Gasteiger charge is -2.26. The average Bonchev–Trinajstić information content (AvgIpc) is 3.33. The Morgan fingerprint density at radius 2 is 1.97 bits per heavy atom. The SMILES string of the molecule is COc1cc(O[C@H]2C[C@@H](n3ccc4c(C)ncnc43)[C@H](O)[C@@H]2O)c2c(c1C)CCNC2. The molecule has 3 aromatic rings. The third-order valence-electron chi connectivity index (χ3n) is 6.76. The van der Waals surface area contributed by atoms with Crippen molar-refractivity contribution in [2.45, 2.75) is 57.6 Å². The summed E-state index contributed by atoms with van der Waals surface area (Å²) >= 11 is 0. The first-order valence-electron chi connectivity index (χ1n) is 10.7. The summed E-state index contributed by atoms with van der Waals surface area (Å²) in [6.07, 6.45) is 2.28. The van der Waals surface area contributed by atoms with E-state index in [1.807, 2.05) is 29.8 Å². The number of hydrogen-bond acceptors (Lipinski definition) is 7. The quantitative estimate of drug-likeness (QED) is 0.587. The number of aliphatic hydroxyl groups is 2. The molecular formula is C23H28N4O4. The summed E-state index contributed by atoms with van der Waals surface area (Å²) in [4.78, 5) is 8.64. The van der Waals surface area contributed by atoms with Crippen LogP contribution in [0.1, 0.15) is 34.8 Å². The predicted molar refractivity (Wildman–Crippen MR) is 115 cm³/mol. The van der Waals surface area contributed by atoms with E-state index < -0.39 is 18.3 Å². The Morgan fingerprint density at radius 1 is 1.13 bits per heavy atom. The fraction of sp³-hybridized carbons (Fsp3) is 0.478. The van der Waals surface area contributed by atoms with Gasteiger partial charge in [0, 0.05) is 36.2 Å². The number of nitrogens with zero attached hydrogens (tertiary/aromatic N) is 3. The molecule has 0 unspecified atom stereocenters. The van der Waals surface area contributed by atoms with Gasteiger partial charge in [0.2, 0.25) is 0 Å². The topological polar surface area (TPSA) is 102 Å². The smallest absolute Gasteiger partial charge is 0.143 e. The van der Waals surface area contributed by atoms with E-state index in [0.717, 1.165) is 46.6 Å². The third-order valence-corrected chi connectivity index (χ3v) is 6.76. The summed E-state index contributed by atoms with van der Waals surface area (Å²) in [5, 5.41) is 26.0. The maximum absolute atomic E-state index is 10.9. The highest BCUT2D eigenvalue weighted by atomic mass is 16.5. The van der Waals surface area contributed by atoms with Crippen LogP contribution in [0.2, 0.25) is 0 Å². The molecule has 0 bridgehead atoms. The highest BCUT2D eigenvalue weighted by molar-refractivity contribution is 5.78.